The van der Waals surface area contributed by atoms with Crippen molar-refractivity contribution in [2.24, 2.45) is 0 Å². The van der Waals surface area contributed by atoms with E-state index in [1.54, 1.807) is 48.5 Å². The van der Waals surface area contributed by atoms with Crippen LogP contribution >= 0.6 is 0 Å². The van der Waals surface area contributed by atoms with Gasteiger partial charge in [-0.2, -0.15) is 0 Å². The molecule has 36 heavy (non-hydrogen) atoms. The van der Waals surface area contributed by atoms with Crippen molar-refractivity contribution in [1.82, 2.24) is 9.97 Å². The Morgan fingerprint density at radius 2 is 1.08 bits per heavy atom. The van der Waals surface area contributed by atoms with Crippen molar-refractivity contribution in [2.75, 3.05) is 11.5 Å². The fourth-order valence-electron chi connectivity index (χ4n) is 4.02. The zero-order chi connectivity index (χ0) is 25.0. The van der Waals surface area contributed by atoms with Crippen LogP contribution in [0.15, 0.2) is 81.6 Å². The van der Waals surface area contributed by atoms with E-state index >= 15 is 0 Å². The number of aromatic nitrogens is 2. The highest BCUT2D eigenvalue weighted by molar-refractivity contribution is 6.11. The molecule has 0 unspecified atom stereocenters. The van der Waals surface area contributed by atoms with Crippen molar-refractivity contribution < 1.29 is 22.4 Å². The minimum Gasteiger partial charge on any atom is -0.436 e. The molecule has 0 amide bonds. The molecule has 0 radical (unpaired) electrons. The quantitative estimate of drug-likeness (QED) is 0.234. The number of carbonyl (C=O) groups is 1. The molecular weight excluding hydrogens is 466 g/mol. The van der Waals surface area contributed by atoms with Crippen LogP contribution in [0.5, 0.6) is 0 Å². The molecule has 0 aliphatic rings. The third kappa shape index (κ3) is 3.82. The van der Waals surface area contributed by atoms with Crippen molar-refractivity contribution in [1.29, 1.82) is 0 Å². The summed E-state index contributed by atoms with van der Waals surface area (Å²) in [7, 11) is 0. The second-order valence-electron chi connectivity index (χ2n) is 8.28. The summed E-state index contributed by atoms with van der Waals surface area (Å²) in [6.07, 6.45) is 0. The average molecular weight is 482 g/mol. The zero-order valence-electron chi connectivity index (χ0n) is 18.5. The smallest absolute Gasteiger partial charge is 0.227 e. The van der Waals surface area contributed by atoms with Gasteiger partial charge in [0.2, 0.25) is 11.8 Å². The van der Waals surface area contributed by atoms with E-state index in [1.807, 2.05) is 0 Å². The number of fused-ring (bicyclic) bond motifs is 2. The van der Waals surface area contributed by atoms with E-state index in [0.29, 0.717) is 44.5 Å². The molecule has 4 aromatic carbocycles. The molecule has 0 saturated carbocycles. The predicted octanol–water partition coefficient (Wildman–Crippen LogP) is 5.98. The van der Waals surface area contributed by atoms with E-state index in [2.05, 4.69) is 9.97 Å². The average Bonchev–Trinajstić information content (AvgIpc) is 3.46. The van der Waals surface area contributed by atoms with E-state index in [1.165, 1.54) is 24.3 Å². The van der Waals surface area contributed by atoms with E-state index in [9.17, 15) is 13.6 Å². The number of rotatable bonds is 4. The number of nitrogens with two attached hydrogens (primary N) is 2. The largest absolute Gasteiger partial charge is 0.436 e. The Morgan fingerprint density at radius 1 is 0.639 bits per heavy atom. The monoisotopic (exact) mass is 482 g/mol. The van der Waals surface area contributed by atoms with Crippen molar-refractivity contribution >= 4 is 39.4 Å². The van der Waals surface area contributed by atoms with Crippen LogP contribution in [-0.2, 0) is 0 Å². The fourth-order valence-corrected chi connectivity index (χ4v) is 4.02. The number of hydrogen-bond donors (Lipinski definition) is 2. The summed E-state index contributed by atoms with van der Waals surface area (Å²) in [4.78, 5) is 21.9. The van der Waals surface area contributed by atoms with E-state index in [0.717, 1.165) is 0 Å². The van der Waals surface area contributed by atoms with Gasteiger partial charge in [-0.3, -0.25) is 4.79 Å². The Balaban J connectivity index is 1.34. The van der Waals surface area contributed by atoms with Crippen LogP contribution in [0.4, 0.5) is 20.2 Å². The molecule has 6 aromatic rings. The lowest BCUT2D eigenvalue weighted by Gasteiger charge is -2.01. The summed E-state index contributed by atoms with van der Waals surface area (Å²) in [6, 6.07) is 17.7. The molecule has 0 spiro atoms. The number of halogens is 2. The Morgan fingerprint density at radius 3 is 1.50 bits per heavy atom. The Hall–Kier alpha value is -5.05. The maximum Gasteiger partial charge on any atom is 0.227 e. The molecule has 7 nitrogen and oxygen atoms in total. The van der Waals surface area contributed by atoms with Crippen LogP contribution in [0, 0.1) is 11.6 Å². The molecule has 0 bridgehead atoms. The molecule has 176 valence electrons. The Labute approximate surface area is 202 Å². The predicted molar refractivity (Wildman–Crippen MR) is 131 cm³/mol. The summed E-state index contributed by atoms with van der Waals surface area (Å²) in [5.74, 6) is -0.909. The summed E-state index contributed by atoms with van der Waals surface area (Å²) in [6.45, 7) is 0. The van der Waals surface area contributed by atoms with Crippen LogP contribution in [-0.4, -0.2) is 15.8 Å². The van der Waals surface area contributed by atoms with E-state index < -0.39 is 11.6 Å². The molecular formula is C27H16F2N4O3. The fraction of sp³-hybridized carbons (Fsp3) is 0. The first-order valence-electron chi connectivity index (χ1n) is 10.8. The molecule has 0 atom stereocenters. The molecule has 2 aromatic heterocycles. The highest BCUT2D eigenvalue weighted by Gasteiger charge is 2.17. The van der Waals surface area contributed by atoms with Crippen LogP contribution in [0.3, 0.4) is 0 Å². The van der Waals surface area contributed by atoms with Crippen molar-refractivity contribution in [2.45, 2.75) is 0 Å². The lowest BCUT2D eigenvalue weighted by Crippen LogP contribution is -2.00. The number of carbonyl (C=O) groups excluding carboxylic acids is 1. The molecule has 0 saturated heterocycles. The lowest BCUT2D eigenvalue weighted by molar-refractivity contribution is 0.103. The Bertz CT molecular complexity index is 1650. The highest BCUT2D eigenvalue weighted by Crippen LogP contribution is 2.30. The van der Waals surface area contributed by atoms with Crippen molar-refractivity contribution in [3.8, 4) is 22.9 Å². The summed E-state index contributed by atoms with van der Waals surface area (Å²) >= 11 is 0. The number of hydrogen-bond acceptors (Lipinski definition) is 7. The normalized spacial score (nSPS) is 11.4. The molecule has 0 aliphatic carbocycles. The maximum absolute atomic E-state index is 13.7. The first-order valence-corrected chi connectivity index (χ1v) is 10.8. The third-order valence-electron chi connectivity index (χ3n) is 5.64. The third-order valence-corrected chi connectivity index (χ3v) is 5.64. The van der Waals surface area contributed by atoms with Gasteiger partial charge >= 0.3 is 0 Å². The van der Waals surface area contributed by atoms with E-state index in [4.69, 9.17) is 20.3 Å². The van der Waals surface area contributed by atoms with Crippen LogP contribution in [0.2, 0.25) is 0 Å². The van der Waals surface area contributed by atoms with Gasteiger partial charge in [0.15, 0.2) is 16.9 Å². The molecule has 2 heterocycles. The van der Waals surface area contributed by atoms with E-state index in [-0.39, 0.29) is 28.9 Å². The van der Waals surface area contributed by atoms with Crippen LogP contribution < -0.4 is 11.5 Å². The first-order chi connectivity index (χ1) is 17.3. The molecule has 6 rings (SSSR count). The number of ketones is 1. The second kappa shape index (κ2) is 8.02. The first kappa shape index (κ1) is 21.5. The summed E-state index contributed by atoms with van der Waals surface area (Å²) in [5, 5.41) is 0. The molecule has 9 heteroatoms. The second-order valence-corrected chi connectivity index (χ2v) is 8.28. The minimum atomic E-state index is -0.505. The van der Waals surface area contributed by atoms with Gasteiger partial charge in [0.05, 0.1) is 0 Å². The highest BCUT2D eigenvalue weighted by atomic mass is 19.1. The lowest BCUT2D eigenvalue weighted by atomic mass is 10.0. The van der Waals surface area contributed by atoms with Gasteiger partial charge < -0.3 is 20.3 Å². The molecule has 4 N–H and O–H groups in total. The van der Waals surface area contributed by atoms with Gasteiger partial charge in [-0.05, 0) is 72.8 Å². The zero-order valence-corrected chi connectivity index (χ0v) is 18.5. The maximum atomic E-state index is 13.7. The number of benzene rings is 4. The molecule has 0 aliphatic heterocycles. The van der Waals surface area contributed by atoms with Gasteiger partial charge in [-0.1, -0.05) is 0 Å². The van der Waals surface area contributed by atoms with Crippen molar-refractivity contribution in [3.63, 3.8) is 0 Å². The van der Waals surface area contributed by atoms with Crippen molar-refractivity contribution in [3.05, 3.63) is 95.6 Å². The van der Waals surface area contributed by atoms with Gasteiger partial charge in [-0.25, -0.2) is 18.7 Å². The number of nitrogens with zero attached hydrogens (tertiary/aromatic N) is 2. The number of oxazole rings is 2. The van der Waals surface area contributed by atoms with Crippen LogP contribution in [0.25, 0.3) is 45.1 Å². The van der Waals surface area contributed by atoms with Gasteiger partial charge in [-0.15, -0.1) is 0 Å². The molecule has 0 fully saturated rings. The summed E-state index contributed by atoms with van der Waals surface area (Å²) < 4.78 is 39.0. The number of anilines is 2. The SMILES string of the molecule is Nc1cc(F)cc(-c2nc3ccc(C(=O)c4ccc5nc(-c6cc(N)cc(F)c6)oc5c4)cc3o2)c1. The standard InChI is InChI=1S/C27H16F2N4O3/c28-17-5-15(7-19(30)11-17)26-32-21-3-1-13(9-23(21)35-26)25(34)14-2-4-22-24(10-14)36-27(33-22)16-6-18(29)12-20(31)8-16/h1-12H,30-31H2. The van der Waals surface area contributed by atoms with Gasteiger partial charge in [0.25, 0.3) is 0 Å². The van der Waals surface area contributed by atoms with Gasteiger partial charge in [0.1, 0.15) is 22.7 Å². The Kier molecular flexibility index (Phi) is 4.78. The number of nitrogen functional groups attached to an aromatic ring is 2. The van der Waals surface area contributed by atoms with Gasteiger partial charge in [0, 0.05) is 33.6 Å². The topological polar surface area (TPSA) is 121 Å². The minimum absolute atomic E-state index is 0.189. The summed E-state index contributed by atoms with van der Waals surface area (Å²) in [5.41, 5.74) is 15.2. The van der Waals surface area contributed by atoms with Crippen LogP contribution in [0.1, 0.15) is 15.9 Å².